The van der Waals surface area contributed by atoms with E-state index in [0.29, 0.717) is 11.3 Å². The van der Waals surface area contributed by atoms with Gasteiger partial charge in [0.05, 0.1) is 11.6 Å². The number of hydrogen-bond donors (Lipinski definition) is 1. The Bertz CT molecular complexity index is 656. The lowest BCUT2D eigenvalue weighted by molar-refractivity contribution is 0.455. The monoisotopic (exact) mass is 274 g/mol. The Morgan fingerprint density at radius 1 is 1.26 bits per heavy atom. The van der Waals surface area contributed by atoms with Gasteiger partial charge in [0.25, 0.3) is 0 Å². The van der Waals surface area contributed by atoms with E-state index in [1.54, 1.807) is 12.1 Å². The van der Waals surface area contributed by atoms with Crippen molar-refractivity contribution in [2.75, 3.05) is 5.73 Å². The van der Waals surface area contributed by atoms with Crippen LogP contribution in [0.2, 0.25) is 5.02 Å². The molecular formula is C13H11ClN4O. The third-order valence-corrected chi connectivity index (χ3v) is 2.93. The van der Waals surface area contributed by atoms with Crippen LogP contribution in [0.25, 0.3) is 0 Å². The molecule has 19 heavy (non-hydrogen) atoms. The average molecular weight is 275 g/mol. The van der Waals surface area contributed by atoms with Crippen molar-refractivity contribution >= 4 is 17.4 Å². The second-order valence-electron chi connectivity index (χ2n) is 4.03. The predicted molar refractivity (Wildman–Crippen MR) is 72.2 cm³/mol. The number of aryl methyl sites for hydroxylation is 2. The van der Waals surface area contributed by atoms with Crippen LogP contribution in [0.1, 0.15) is 16.7 Å². The molecule has 96 valence electrons. The Morgan fingerprint density at radius 2 is 1.89 bits per heavy atom. The molecule has 0 unspecified atom stereocenters. The molecule has 1 aromatic heterocycles. The Morgan fingerprint density at radius 3 is 2.47 bits per heavy atom. The molecule has 0 fully saturated rings. The molecule has 0 saturated heterocycles. The summed E-state index contributed by atoms with van der Waals surface area (Å²) in [6.07, 6.45) is 1.28. The lowest BCUT2D eigenvalue weighted by Crippen LogP contribution is -1.98. The van der Waals surface area contributed by atoms with Crippen LogP contribution in [0.15, 0.2) is 18.5 Å². The van der Waals surface area contributed by atoms with E-state index in [1.807, 2.05) is 13.8 Å². The number of anilines is 1. The fourth-order valence-corrected chi connectivity index (χ4v) is 1.85. The summed E-state index contributed by atoms with van der Waals surface area (Å²) in [4.78, 5) is 7.71. The Hall–Kier alpha value is -2.32. The summed E-state index contributed by atoms with van der Waals surface area (Å²) in [7, 11) is 0. The number of benzene rings is 1. The third kappa shape index (κ3) is 2.59. The second kappa shape index (κ2) is 5.12. The first-order valence-corrected chi connectivity index (χ1v) is 5.86. The zero-order valence-electron chi connectivity index (χ0n) is 10.4. The summed E-state index contributed by atoms with van der Waals surface area (Å²) in [5.74, 6) is 0.972. The van der Waals surface area contributed by atoms with E-state index in [-0.39, 0.29) is 16.7 Å². The quantitative estimate of drug-likeness (QED) is 0.910. The molecule has 0 atom stereocenters. The summed E-state index contributed by atoms with van der Waals surface area (Å²) in [6, 6.07) is 5.57. The van der Waals surface area contributed by atoms with Crippen molar-refractivity contribution in [1.29, 1.82) is 5.26 Å². The van der Waals surface area contributed by atoms with Crippen molar-refractivity contribution in [3.63, 3.8) is 0 Å². The van der Waals surface area contributed by atoms with Crippen LogP contribution in [-0.2, 0) is 0 Å². The molecule has 5 nitrogen and oxygen atoms in total. The highest BCUT2D eigenvalue weighted by Crippen LogP contribution is 2.33. The predicted octanol–water partition coefficient (Wildman–Crippen LogP) is 2.99. The highest BCUT2D eigenvalue weighted by molar-refractivity contribution is 6.34. The fourth-order valence-electron chi connectivity index (χ4n) is 1.71. The number of nitrogens with two attached hydrogens (primary N) is 1. The van der Waals surface area contributed by atoms with Gasteiger partial charge in [-0.1, -0.05) is 11.6 Å². The molecule has 0 aliphatic rings. The van der Waals surface area contributed by atoms with E-state index in [9.17, 15) is 0 Å². The van der Waals surface area contributed by atoms with Gasteiger partial charge in [-0.05, 0) is 37.1 Å². The molecule has 0 amide bonds. The van der Waals surface area contributed by atoms with Crippen molar-refractivity contribution in [3.8, 4) is 17.7 Å². The first-order chi connectivity index (χ1) is 9.02. The smallest absolute Gasteiger partial charge is 0.243 e. The molecule has 0 aliphatic carbocycles. The zero-order chi connectivity index (χ0) is 14.0. The van der Waals surface area contributed by atoms with Crippen molar-refractivity contribution in [2.45, 2.75) is 13.8 Å². The second-order valence-corrected chi connectivity index (χ2v) is 4.41. The number of nitrogen functional groups attached to an aromatic ring is 1. The number of nitriles is 1. The molecular weight excluding hydrogens is 264 g/mol. The minimum atomic E-state index is 0.163. The van der Waals surface area contributed by atoms with Crippen LogP contribution in [0.3, 0.4) is 0 Å². The Labute approximate surface area is 115 Å². The number of halogens is 1. The molecule has 0 bridgehead atoms. The molecule has 1 aromatic carbocycles. The van der Waals surface area contributed by atoms with Crippen LogP contribution < -0.4 is 10.5 Å². The topological polar surface area (TPSA) is 84.8 Å². The standard InChI is InChI=1S/C13H11ClN4O/c1-7-3-9(5-15)4-8(2)11(7)19-13-10(14)12(16)17-6-18-13/h3-4,6H,1-2H3,(H2,16,17,18). The highest BCUT2D eigenvalue weighted by Gasteiger charge is 2.13. The zero-order valence-corrected chi connectivity index (χ0v) is 11.2. The van der Waals surface area contributed by atoms with Crippen LogP contribution in [0.4, 0.5) is 5.82 Å². The molecule has 0 saturated carbocycles. The lowest BCUT2D eigenvalue weighted by atomic mass is 10.1. The maximum atomic E-state index is 8.90. The van der Waals surface area contributed by atoms with Gasteiger partial charge in [0.2, 0.25) is 5.88 Å². The molecule has 2 aromatic rings. The van der Waals surface area contributed by atoms with Gasteiger partial charge in [-0.2, -0.15) is 10.2 Å². The van der Waals surface area contributed by atoms with Gasteiger partial charge in [0.15, 0.2) is 0 Å². The maximum absolute atomic E-state index is 8.90. The van der Waals surface area contributed by atoms with Gasteiger partial charge >= 0.3 is 0 Å². The van der Waals surface area contributed by atoms with Crippen LogP contribution >= 0.6 is 11.6 Å². The van der Waals surface area contributed by atoms with E-state index in [1.165, 1.54) is 6.33 Å². The SMILES string of the molecule is Cc1cc(C#N)cc(C)c1Oc1ncnc(N)c1Cl. The van der Waals surface area contributed by atoms with Crippen molar-refractivity contribution in [3.05, 3.63) is 40.2 Å². The van der Waals surface area contributed by atoms with Gasteiger partial charge in [-0.3, -0.25) is 0 Å². The number of aromatic nitrogens is 2. The summed E-state index contributed by atoms with van der Waals surface area (Å²) >= 11 is 5.98. The van der Waals surface area contributed by atoms with Crippen LogP contribution in [-0.4, -0.2) is 9.97 Å². The molecule has 2 N–H and O–H groups in total. The van der Waals surface area contributed by atoms with Crippen LogP contribution in [0, 0.1) is 25.2 Å². The molecule has 0 radical (unpaired) electrons. The number of ether oxygens (including phenoxy) is 1. The number of rotatable bonds is 2. The van der Waals surface area contributed by atoms with Gasteiger partial charge in [0, 0.05) is 0 Å². The number of hydrogen-bond acceptors (Lipinski definition) is 5. The molecule has 1 heterocycles. The van der Waals surface area contributed by atoms with Gasteiger partial charge in [0.1, 0.15) is 22.9 Å². The van der Waals surface area contributed by atoms with Crippen molar-refractivity contribution in [1.82, 2.24) is 9.97 Å². The molecule has 0 aliphatic heterocycles. The Kier molecular flexibility index (Phi) is 3.54. The van der Waals surface area contributed by atoms with Gasteiger partial charge in [-0.15, -0.1) is 0 Å². The van der Waals surface area contributed by atoms with E-state index in [0.717, 1.165) is 11.1 Å². The van der Waals surface area contributed by atoms with E-state index < -0.39 is 0 Å². The fraction of sp³-hybridized carbons (Fsp3) is 0.154. The van der Waals surface area contributed by atoms with Crippen molar-refractivity contribution in [2.24, 2.45) is 0 Å². The highest BCUT2D eigenvalue weighted by atomic mass is 35.5. The minimum Gasteiger partial charge on any atom is -0.437 e. The van der Waals surface area contributed by atoms with E-state index in [2.05, 4.69) is 16.0 Å². The summed E-state index contributed by atoms with van der Waals surface area (Å²) in [5.41, 5.74) is 7.82. The summed E-state index contributed by atoms with van der Waals surface area (Å²) in [6.45, 7) is 3.70. The average Bonchev–Trinajstić information content (AvgIpc) is 2.38. The van der Waals surface area contributed by atoms with Crippen molar-refractivity contribution < 1.29 is 4.74 Å². The van der Waals surface area contributed by atoms with Gasteiger partial charge in [-0.25, -0.2) is 4.98 Å². The molecule has 6 heteroatoms. The lowest BCUT2D eigenvalue weighted by Gasteiger charge is -2.12. The minimum absolute atomic E-state index is 0.163. The molecule has 2 rings (SSSR count). The summed E-state index contributed by atoms with van der Waals surface area (Å²) in [5, 5.41) is 9.07. The summed E-state index contributed by atoms with van der Waals surface area (Å²) < 4.78 is 5.68. The van der Waals surface area contributed by atoms with E-state index >= 15 is 0 Å². The van der Waals surface area contributed by atoms with E-state index in [4.69, 9.17) is 27.3 Å². The van der Waals surface area contributed by atoms with Gasteiger partial charge < -0.3 is 10.5 Å². The number of nitrogens with zero attached hydrogens (tertiary/aromatic N) is 3. The largest absolute Gasteiger partial charge is 0.437 e. The normalized spacial score (nSPS) is 10.0. The first-order valence-electron chi connectivity index (χ1n) is 5.48. The first kappa shape index (κ1) is 13.1. The Balaban J connectivity index is 2.45. The van der Waals surface area contributed by atoms with Crippen LogP contribution in [0.5, 0.6) is 11.6 Å². The maximum Gasteiger partial charge on any atom is 0.243 e. The third-order valence-electron chi connectivity index (χ3n) is 2.57. The molecule has 0 spiro atoms.